The zero-order valence-electron chi connectivity index (χ0n) is 16.7. The van der Waals surface area contributed by atoms with E-state index in [1.165, 1.54) is 11.3 Å². The number of rotatable bonds is 6. The molecule has 4 aromatic rings. The van der Waals surface area contributed by atoms with E-state index in [0.29, 0.717) is 28.9 Å². The van der Waals surface area contributed by atoms with Crippen LogP contribution in [-0.4, -0.2) is 28.0 Å². The second kappa shape index (κ2) is 8.90. The molecule has 0 aliphatic carbocycles. The summed E-state index contributed by atoms with van der Waals surface area (Å²) in [6.45, 7) is 0.339. The van der Waals surface area contributed by atoms with E-state index in [9.17, 15) is 4.79 Å². The van der Waals surface area contributed by atoms with Crippen molar-refractivity contribution in [3.05, 3.63) is 71.5 Å². The number of hydrogen-bond acceptors (Lipinski definition) is 8. The van der Waals surface area contributed by atoms with Gasteiger partial charge in [-0.25, -0.2) is 15.0 Å². The number of carbonyl (C=O) groups excluding carboxylic acids is 1. The summed E-state index contributed by atoms with van der Waals surface area (Å²) in [6, 6.07) is 12.8. The summed E-state index contributed by atoms with van der Waals surface area (Å²) in [6.07, 6.45) is 3.40. The highest BCUT2D eigenvalue weighted by atomic mass is 32.1. The lowest BCUT2D eigenvalue weighted by Crippen LogP contribution is -2.11. The summed E-state index contributed by atoms with van der Waals surface area (Å²) >= 11 is 1.34. The summed E-state index contributed by atoms with van der Waals surface area (Å²) < 4.78 is 5.10. The molecule has 4 rings (SSSR count). The molecule has 1 aromatic carbocycles. The van der Waals surface area contributed by atoms with Crippen molar-refractivity contribution in [3.63, 3.8) is 0 Å². The highest BCUT2D eigenvalue weighted by Gasteiger charge is 2.11. The lowest BCUT2D eigenvalue weighted by molar-refractivity contribution is 0.102. The van der Waals surface area contributed by atoms with E-state index >= 15 is 0 Å². The van der Waals surface area contributed by atoms with E-state index in [1.54, 1.807) is 37.7 Å². The van der Waals surface area contributed by atoms with Crippen LogP contribution < -0.4 is 21.5 Å². The molecule has 8 nitrogen and oxygen atoms in total. The van der Waals surface area contributed by atoms with Crippen LogP contribution in [0, 0.1) is 0 Å². The maximum absolute atomic E-state index is 12.5. The van der Waals surface area contributed by atoms with Crippen molar-refractivity contribution in [3.8, 4) is 28.1 Å². The summed E-state index contributed by atoms with van der Waals surface area (Å²) in [5, 5.41) is 5.13. The highest BCUT2D eigenvalue weighted by molar-refractivity contribution is 7.13. The van der Waals surface area contributed by atoms with Crippen molar-refractivity contribution in [2.45, 2.75) is 6.54 Å². The van der Waals surface area contributed by atoms with Crippen LogP contribution >= 0.6 is 11.3 Å². The Morgan fingerprint density at radius 1 is 1.06 bits per heavy atom. The fraction of sp³-hybridized carbons (Fsp3) is 0.0909. The van der Waals surface area contributed by atoms with E-state index in [2.05, 4.69) is 20.3 Å². The number of nitrogen functional groups attached to an aromatic ring is 1. The number of methoxy groups -OCH3 is 1. The monoisotopic (exact) mass is 432 g/mol. The molecule has 0 bridgehead atoms. The van der Waals surface area contributed by atoms with Gasteiger partial charge in [-0.3, -0.25) is 10.1 Å². The van der Waals surface area contributed by atoms with Crippen LogP contribution in [0.15, 0.2) is 60.2 Å². The van der Waals surface area contributed by atoms with E-state index in [1.807, 2.05) is 29.6 Å². The molecule has 0 radical (unpaired) electrons. The maximum atomic E-state index is 12.5. The Balaban J connectivity index is 1.55. The number of carbonyl (C=O) groups is 1. The zero-order chi connectivity index (χ0) is 21.8. The number of ether oxygens (including phenoxy) is 1. The minimum Gasteiger partial charge on any atom is -0.481 e. The molecule has 31 heavy (non-hydrogen) atoms. The molecule has 3 aromatic heterocycles. The van der Waals surface area contributed by atoms with E-state index in [-0.39, 0.29) is 5.91 Å². The molecule has 0 atom stereocenters. The van der Waals surface area contributed by atoms with Gasteiger partial charge in [-0.2, -0.15) is 0 Å². The Bertz CT molecular complexity index is 1210. The quantitative estimate of drug-likeness (QED) is 0.425. The summed E-state index contributed by atoms with van der Waals surface area (Å²) in [7, 11) is 1.57. The smallest absolute Gasteiger partial charge is 0.257 e. The van der Waals surface area contributed by atoms with E-state index < -0.39 is 0 Å². The normalized spacial score (nSPS) is 10.6. The average molecular weight is 433 g/mol. The topological polar surface area (TPSA) is 129 Å². The Hall–Kier alpha value is -3.82. The lowest BCUT2D eigenvalue weighted by Gasteiger charge is -2.09. The van der Waals surface area contributed by atoms with Crippen LogP contribution in [-0.2, 0) is 6.54 Å². The van der Waals surface area contributed by atoms with Crippen LogP contribution in [0.25, 0.3) is 22.3 Å². The molecule has 5 N–H and O–H groups in total. The number of aromatic nitrogens is 3. The third kappa shape index (κ3) is 4.52. The third-order valence-corrected chi connectivity index (χ3v) is 5.44. The van der Waals surface area contributed by atoms with E-state index in [4.69, 9.17) is 16.2 Å². The van der Waals surface area contributed by atoms with Gasteiger partial charge in [0.25, 0.3) is 5.91 Å². The van der Waals surface area contributed by atoms with Gasteiger partial charge in [0.2, 0.25) is 5.88 Å². The van der Waals surface area contributed by atoms with Gasteiger partial charge >= 0.3 is 0 Å². The number of pyridine rings is 2. The third-order valence-electron chi connectivity index (χ3n) is 4.64. The summed E-state index contributed by atoms with van der Waals surface area (Å²) in [5.74, 6) is 0.703. The highest BCUT2D eigenvalue weighted by Crippen LogP contribution is 2.30. The number of amides is 1. The first-order chi connectivity index (χ1) is 15.1. The predicted octanol–water partition coefficient (Wildman–Crippen LogP) is 3.57. The van der Waals surface area contributed by atoms with Crippen LogP contribution in [0.5, 0.6) is 5.88 Å². The Morgan fingerprint density at radius 3 is 2.45 bits per heavy atom. The molecular weight excluding hydrogens is 412 g/mol. The number of thiazole rings is 1. The van der Waals surface area contributed by atoms with Gasteiger partial charge in [-0.05, 0) is 29.8 Å². The minimum atomic E-state index is -0.232. The van der Waals surface area contributed by atoms with Gasteiger partial charge in [0.1, 0.15) is 5.82 Å². The van der Waals surface area contributed by atoms with Crippen molar-refractivity contribution in [2.75, 3.05) is 18.2 Å². The van der Waals surface area contributed by atoms with Gasteiger partial charge in [0.05, 0.1) is 12.8 Å². The second-order valence-electron chi connectivity index (χ2n) is 6.63. The molecule has 156 valence electrons. The van der Waals surface area contributed by atoms with Gasteiger partial charge in [-0.1, -0.05) is 12.1 Å². The number of nitrogens with two attached hydrogens (primary N) is 2. The Labute approximate surface area is 183 Å². The molecule has 0 unspecified atom stereocenters. The fourth-order valence-electron chi connectivity index (χ4n) is 2.97. The predicted molar refractivity (Wildman–Crippen MR) is 122 cm³/mol. The second-order valence-corrected chi connectivity index (χ2v) is 7.48. The van der Waals surface area contributed by atoms with Crippen molar-refractivity contribution in [1.29, 1.82) is 0 Å². The average Bonchev–Trinajstić information content (AvgIpc) is 3.27. The number of hydrogen-bond donors (Lipinski definition) is 3. The summed E-state index contributed by atoms with van der Waals surface area (Å²) in [5.41, 5.74) is 16.3. The standard InChI is InChI=1S/C22H20N6O2S/c1-30-19-7-6-15(10-25-19)18-8-16(11-26-20(18)24)13-2-4-14(5-3-13)21(29)28-22-27-17(9-23)12-31-22/h2-8,10-12H,9,23H2,1H3,(H2,24,26)(H,27,28,29). The fourth-order valence-corrected chi connectivity index (χ4v) is 3.68. The largest absolute Gasteiger partial charge is 0.481 e. The van der Waals surface area contributed by atoms with Crippen molar-refractivity contribution < 1.29 is 9.53 Å². The van der Waals surface area contributed by atoms with Crippen LogP contribution in [0.2, 0.25) is 0 Å². The van der Waals surface area contributed by atoms with Crippen molar-refractivity contribution >= 4 is 28.2 Å². The molecule has 1 amide bonds. The van der Waals surface area contributed by atoms with E-state index in [0.717, 1.165) is 27.9 Å². The molecule has 0 aliphatic rings. The number of nitrogens with zero attached hydrogens (tertiary/aromatic N) is 3. The molecule has 0 saturated heterocycles. The van der Waals surface area contributed by atoms with Gasteiger partial charge in [0, 0.05) is 52.6 Å². The first-order valence-corrected chi connectivity index (χ1v) is 10.3. The Kier molecular flexibility index (Phi) is 5.87. The van der Waals surface area contributed by atoms with Crippen LogP contribution in [0.4, 0.5) is 10.9 Å². The van der Waals surface area contributed by atoms with Crippen molar-refractivity contribution in [1.82, 2.24) is 15.0 Å². The SMILES string of the molecule is COc1ccc(-c2cc(-c3ccc(C(=O)Nc4nc(CN)cs4)cc3)cnc2N)cn1. The van der Waals surface area contributed by atoms with Crippen LogP contribution in [0.3, 0.4) is 0 Å². The van der Waals surface area contributed by atoms with Gasteiger partial charge in [-0.15, -0.1) is 11.3 Å². The molecule has 0 saturated carbocycles. The minimum absolute atomic E-state index is 0.232. The van der Waals surface area contributed by atoms with Crippen molar-refractivity contribution in [2.24, 2.45) is 5.73 Å². The molecule has 0 spiro atoms. The number of anilines is 2. The molecule has 9 heteroatoms. The first-order valence-electron chi connectivity index (χ1n) is 9.39. The maximum Gasteiger partial charge on any atom is 0.257 e. The molecule has 3 heterocycles. The molecule has 0 fully saturated rings. The Morgan fingerprint density at radius 2 is 1.81 bits per heavy atom. The first kappa shape index (κ1) is 20.5. The molecular formula is C22H20N6O2S. The van der Waals surface area contributed by atoms with Gasteiger partial charge < -0.3 is 16.2 Å². The molecule has 0 aliphatic heterocycles. The zero-order valence-corrected chi connectivity index (χ0v) is 17.5. The van der Waals surface area contributed by atoms with Gasteiger partial charge in [0.15, 0.2) is 5.13 Å². The number of benzene rings is 1. The number of nitrogens with one attached hydrogen (secondary N) is 1. The lowest BCUT2D eigenvalue weighted by atomic mass is 10.0. The van der Waals surface area contributed by atoms with Crippen LogP contribution in [0.1, 0.15) is 16.1 Å². The summed E-state index contributed by atoms with van der Waals surface area (Å²) in [4.78, 5) is 25.3.